The number of amides is 1. The van der Waals surface area contributed by atoms with Crippen LogP contribution in [-0.4, -0.2) is 45.5 Å². The van der Waals surface area contributed by atoms with E-state index in [-0.39, 0.29) is 6.61 Å². The summed E-state index contributed by atoms with van der Waals surface area (Å²) < 4.78 is 26.9. The molecule has 37 heavy (non-hydrogen) atoms. The smallest absolute Gasteiger partial charge is 0.343 e. The number of unbranched alkanes of at least 4 members (excludes halogenated alkanes) is 1. The van der Waals surface area contributed by atoms with Crippen LogP contribution in [0.15, 0.2) is 71.8 Å². The molecule has 1 amide bonds. The lowest BCUT2D eigenvalue weighted by Gasteiger charge is -2.09. The molecule has 1 N–H and O–H groups in total. The number of methoxy groups -OCH3 is 2. The van der Waals surface area contributed by atoms with E-state index in [1.54, 1.807) is 66.7 Å². The van der Waals surface area contributed by atoms with Crippen molar-refractivity contribution in [3.05, 3.63) is 77.9 Å². The Kier molecular flexibility index (Phi) is 10.3. The van der Waals surface area contributed by atoms with Crippen LogP contribution in [-0.2, 0) is 4.79 Å². The van der Waals surface area contributed by atoms with Gasteiger partial charge in [0.05, 0.1) is 32.6 Å². The number of carbonyl (C=O) groups is 2. The normalized spacial score (nSPS) is 10.6. The predicted octanol–water partition coefficient (Wildman–Crippen LogP) is 4.63. The zero-order valence-corrected chi connectivity index (χ0v) is 21.1. The van der Waals surface area contributed by atoms with Crippen molar-refractivity contribution in [3.8, 4) is 28.7 Å². The van der Waals surface area contributed by atoms with Crippen molar-refractivity contribution in [3.63, 3.8) is 0 Å². The minimum atomic E-state index is -0.534. The summed E-state index contributed by atoms with van der Waals surface area (Å²) >= 11 is 0. The molecule has 0 saturated heterocycles. The van der Waals surface area contributed by atoms with E-state index >= 15 is 0 Å². The molecule has 9 heteroatoms. The molecule has 0 fully saturated rings. The minimum Gasteiger partial charge on any atom is -0.494 e. The van der Waals surface area contributed by atoms with E-state index in [1.807, 2.05) is 0 Å². The van der Waals surface area contributed by atoms with Crippen molar-refractivity contribution < 1.29 is 33.3 Å². The molecule has 0 saturated carbocycles. The second-order valence-corrected chi connectivity index (χ2v) is 7.78. The molecule has 9 nitrogen and oxygen atoms in total. The van der Waals surface area contributed by atoms with Crippen LogP contribution in [0.4, 0.5) is 0 Å². The van der Waals surface area contributed by atoms with Gasteiger partial charge in [-0.25, -0.2) is 10.2 Å². The van der Waals surface area contributed by atoms with Crippen LogP contribution >= 0.6 is 0 Å². The Balaban J connectivity index is 1.43. The minimum absolute atomic E-state index is 0.182. The number of ether oxygens (including phenoxy) is 5. The lowest BCUT2D eigenvalue weighted by atomic mass is 10.2. The van der Waals surface area contributed by atoms with E-state index in [0.29, 0.717) is 40.7 Å². The summed E-state index contributed by atoms with van der Waals surface area (Å²) in [7, 11) is 3.01. The monoisotopic (exact) mass is 506 g/mol. The Hall–Kier alpha value is -4.53. The Morgan fingerprint density at radius 2 is 1.49 bits per heavy atom. The summed E-state index contributed by atoms with van der Waals surface area (Å²) in [5.74, 6) is 1.69. The molecule has 0 heterocycles. The summed E-state index contributed by atoms with van der Waals surface area (Å²) in [6, 6.07) is 18.5. The first-order chi connectivity index (χ1) is 18.0. The number of rotatable bonds is 13. The largest absolute Gasteiger partial charge is 0.494 e. The SMILES string of the molecule is CCCCOc1ccc(OCC(=O)N/N=C\c2ccc(OC(=O)c3ccc(OC)c(OC)c3)cc2)cc1. The molecule has 0 aliphatic carbocycles. The summed E-state index contributed by atoms with van der Waals surface area (Å²) in [5, 5.41) is 3.93. The van der Waals surface area contributed by atoms with Crippen LogP contribution in [0, 0.1) is 0 Å². The highest BCUT2D eigenvalue weighted by molar-refractivity contribution is 5.92. The number of esters is 1. The lowest BCUT2D eigenvalue weighted by molar-refractivity contribution is -0.123. The number of nitrogens with one attached hydrogen (secondary N) is 1. The van der Waals surface area contributed by atoms with Gasteiger partial charge < -0.3 is 23.7 Å². The zero-order chi connectivity index (χ0) is 26.5. The second kappa shape index (κ2) is 14.1. The van der Waals surface area contributed by atoms with Crippen LogP contribution in [0.3, 0.4) is 0 Å². The summed E-state index contributed by atoms with van der Waals surface area (Å²) in [6.07, 6.45) is 3.54. The summed E-state index contributed by atoms with van der Waals surface area (Å²) in [6.45, 7) is 2.59. The lowest BCUT2D eigenvalue weighted by Crippen LogP contribution is -2.24. The standard InChI is InChI=1S/C28H30N2O7/c1-4-5-16-35-22-11-13-23(14-12-22)36-19-27(31)30-29-18-20-6-9-24(10-7-20)37-28(32)21-8-15-25(33-2)26(17-21)34-3/h6-15,17-18H,4-5,16,19H2,1-3H3,(H,30,31)/b29-18-. The molecule has 0 radical (unpaired) electrons. The number of hydrogen-bond donors (Lipinski definition) is 1. The third-order valence-electron chi connectivity index (χ3n) is 5.07. The molecule has 0 bridgehead atoms. The molecular formula is C28H30N2O7. The van der Waals surface area contributed by atoms with Gasteiger partial charge in [-0.1, -0.05) is 13.3 Å². The van der Waals surface area contributed by atoms with Crippen LogP contribution in [0.25, 0.3) is 0 Å². The molecule has 0 aliphatic rings. The highest BCUT2D eigenvalue weighted by Crippen LogP contribution is 2.28. The van der Waals surface area contributed by atoms with Crippen molar-refractivity contribution in [1.82, 2.24) is 5.43 Å². The first-order valence-electron chi connectivity index (χ1n) is 11.7. The van der Waals surface area contributed by atoms with Gasteiger partial charge in [-0.3, -0.25) is 4.79 Å². The quantitative estimate of drug-likeness (QED) is 0.118. The van der Waals surface area contributed by atoms with E-state index < -0.39 is 11.9 Å². The third kappa shape index (κ3) is 8.57. The highest BCUT2D eigenvalue weighted by atomic mass is 16.5. The highest BCUT2D eigenvalue weighted by Gasteiger charge is 2.13. The van der Waals surface area contributed by atoms with Crippen molar-refractivity contribution in [2.24, 2.45) is 5.10 Å². The van der Waals surface area contributed by atoms with Gasteiger partial charge in [0.15, 0.2) is 18.1 Å². The van der Waals surface area contributed by atoms with Gasteiger partial charge in [-0.15, -0.1) is 0 Å². The van der Waals surface area contributed by atoms with Crippen LogP contribution < -0.4 is 29.1 Å². The summed E-state index contributed by atoms with van der Waals surface area (Å²) in [5.41, 5.74) is 3.43. The number of carbonyl (C=O) groups excluding carboxylic acids is 2. The molecular weight excluding hydrogens is 476 g/mol. The van der Waals surface area contributed by atoms with Gasteiger partial charge >= 0.3 is 5.97 Å². The van der Waals surface area contributed by atoms with Crippen LogP contribution in [0.5, 0.6) is 28.7 Å². The molecule has 0 aliphatic heterocycles. The fraction of sp³-hybridized carbons (Fsp3) is 0.250. The molecule has 0 atom stereocenters. The topological polar surface area (TPSA) is 105 Å². The number of hydrogen-bond acceptors (Lipinski definition) is 8. The average Bonchev–Trinajstić information content (AvgIpc) is 2.93. The van der Waals surface area contributed by atoms with Gasteiger partial charge in [0.1, 0.15) is 17.2 Å². The fourth-order valence-electron chi connectivity index (χ4n) is 3.08. The van der Waals surface area contributed by atoms with Crippen LogP contribution in [0.2, 0.25) is 0 Å². The van der Waals surface area contributed by atoms with Crippen LogP contribution in [0.1, 0.15) is 35.7 Å². The van der Waals surface area contributed by atoms with E-state index in [9.17, 15) is 9.59 Å². The van der Waals surface area contributed by atoms with Crippen molar-refractivity contribution in [1.29, 1.82) is 0 Å². The van der Waals surface area contributed by atoms with Gasteiger partial charge in [0.25, 0.3) is 5.91 Å². The van der Waals surface area contributed by atoms with Crippen molar-refractivity contribution >= 4 is 18.1 Å². The number of nitrogens with zero attached hydrogens (tertiary/aromatic N) is 1. The molecule has 0 unspecified atom stereocenters. The van der Waals surface area contributed by atoms with Gasteiger partial charge in [0, 0.05) is 0 Å². The molecule has 0 aromatic heterocycles. The van der Waals surface area contributed by atoms with Crippen molar-refractivity contribution in [2.75, 3.05) is 27.4 Å². The fourth-order valence-corrected chi connectivity index (χ4v) is 3.08. The molecule has 3 aromatic carbocycles. The van der Waals surface area contributed by atoms with Gasteiger partial charge in [-0.2, -0.15) is 5.10 Å². The van der Waals surface area contributed by atoms with Crippen molar-refractivity contribution in [2.45, 2.75) is 19.8 Å². The average molecular weight is 507 g/mol. The maximum Gasteiger partial charge on any atom is 0.343 e. The van der Waals surface area contributed by atoms with E-state index in [0.717, 1.165) is 18.6 Å². The Labute approximate surface area is 216 Å². The van der Waals surface area contributed by atoms with E-state index in [2.05, 4.69) is 17.5 Å². The third-order valence-corrected chi connectivity index (χ3v) is 5.07. The van der Waals surface area contributed by atoms with Gasteiger partial charge in [0.2, 0.25) is 0 Å². The Morgan fingerprint density at radius 3 is 2.14 bits per heavy atom. The first-order valence-corrected chi connectivity index (χ1v) is 11.7. The molecule has 3 aromatic rings. The van der Waals surface area contributed by atoms with Gasteiger partial charge in [-0.05, 0) is 78.7 Å². The summed E-state index contributed by atoms with van der Waals surface area (Å²) in [4.78, 5) is 24.4. The van der Waals surface area contributed by atoms with E-state index in [4.69, 9.17) is 23.7 Å². The number of benzene rings is 3. The zero-order valence-electron chi connectivity index (χ0n) is 21.1. The Morgan fingerprint density at radius 1 is 0.838 bits per heavy atom. The first kappa shape index (κ1) is 27.1. The molecule has 0 spiro atoms. The second-order valence-electron chi connectivity index (χ2n) is 7.78. The Bertz CT molecular complexity index is 1190. The molecule has 194 valence electrons. The van der Waals surface area contributed by atoms with E-state index in [1.165, 1.54) is 20.4 Å². The number of hydrazone groups is 1. The molecule has 3 rings (SSSR count). The maximum absolute atomic E-state index is 12.4. The maximum atomic E-state index is 12.4. The predicted molar refractivity (Wildman–Crippen MR) is 139 cm³/mol.